The largest absolute Gasteiger partial charge is 0.490 e. The molecule has 0 amide bonds. The second kappa shape index (κ2) is 8.85. The van der Waals surface area contributed by atoms with Gasteiger partial charge in [-0.3, -0.25) is 4.90 Å². The normalized spacial score (nSPS) is 11.4. The van der Waals surface area contributed by atoms with Crippen LogP contribution in [0.3, 0.4) is 0 Å². The lowest BCUT2D eigenvalue weighted by atomic mass is 10.2. The van der Waals surface area contributed by atoms with Crippen molar-refractivity contribution in [2.24, 2.45) is 0 Å². The van der Waals surface area contributed by atoms with Crippen molar-refractivity contribution >= 4 is 0 Å². The standard InChI is InChI=1S/C17H29NO2/c1-6-12-19-16-9-7-8-10-17(16)20-13-11-18(14(2)3)15(4)5/h7-10,14-15H,6,11-13H2,1-5H3. The SMILES string of the molecule is CCCOc1ccccc1OCCN(C(C)C)C(C)C. The minimum atomic E-state index is 0.533. The van der Waals surface area contributed by atoms with Gasteiger partial charge in [0.05, 0.1) is 6.61 Å². The van der Waals surface area contributed by atoms with E-state index in [1.807, 2.05) is 24.3 Å². The Kier molecular flexibility index (Phi) is 7.45. The second-order valence-electron chi connectivity index (χ2n) is 5.57. The molecule has 20 heavy (non-hydrogen) atoms. The van der Waals surface area contributed by atoms with Crippen molar-refractivity contribution in [1.82, 2.24) is 4.90 Å². The van der Waals surface area contributed by atoms with Crippen LogP contribution in [0.5, 0.6) is 11.5 Å². The van der Waals surface area contributed by atoms with Gasteiger partial charge in [-0.15, -0.1) is 0 Å². The molecule has 0 aromatic heterocycles. The number of benzene rings is 1. The van der Waals surface area contributed by atoms with Crippen molar-refractivity contribution in [3.63, 3.8) is 0 Å². The Morgan fingerprint density at radius 3 is 1.85 bits per heavy atom. The molecule has 0 aliphatic carbocycles. The molecule has 1 rings (SSSR count). The Balaban J connectivity index is 2.52. The van der Waals surface area contributed by atoms with Gasteiger partial charge in [-0.2, -0.15) is 0 Å². The van der Waals surface area contributed by atoms with Gasteiger partial charge in [-0.05, 0) is 46.2 Å². The maximum atomic E-state index is 5.90. The molecule has 0 aliphatic heterocycles. The van der Waals surface area contributed by atoms with Crippen LogP contribution in [-0.4, -0.2) is 36.7 Å². The molecule has 0 saturated heterocycles. The maximum absolute atomic E-state index is 5.90. The average Bonchev–Trinajstić information content (AvgIpc) is 2.41. The lowest BCUT2D eigenvalue weighted by Crippen LogP contribution is -2.39. The van der Waals surface area contributed by atoms with Crippen molar-refractivity contribution in [3.05, 3.63) is 24.3 Å². The summed E-state index contributed by atoms with van der Waals surface area (Å²) in [5.41, 5.74) is 0. The fourth-order valence-electron chi connectivity index (χ4n) is 2.27. The predicted molar refractivity (Wildman–Crippen MR) is 84.7 cm³/mol. The molecule has 0 atom stereocenters. The molecule has 0 fully saturated rings. The smallest absolute Gasteiger partial charge is 0.161 e. The first-order chi connectivity index (χ1) is 9.56. The Morgan fingerprint density at radius 1 is 0.900 bits per heavy atom. The van der Waals surface area contributed by atoms with Crippen molar-refractivity contribution < 1.29 is 9.47 Å². The van der Waals surface area contributed by atoms with Gasteiger partial charge in [0.2, 0.25) is 0 Å². The van der Waals surface area contributed by atoms with Gasteiger partial charge < -0.3 is 9.47 Å². The molecule has 3 heteroatoms. The highest BCUT2D eigenvalue weighted by molar-refractivity contribution is 5.39. The molecule has 1 aromatic rings. The lowest BCUT2D eigenvalue weighted by molar-refractivity contribution is 0.140. The van der Waals surface area contributed by atoms with E-state index in [-0.39, 0.29) is 0 Å². The van der Waals surface area contributed by atoms with E-state index in [0.29, 0.717) is 18.7 Å². The van der Waals surface area contributed by atoms with Crippen molar-refractivity contribution in [2.75, 3.05) is 19.8 Å². The fourth-order valence-corrected chi connectivity index (χ4v) is 2.27. The summed E-state index contributed by atoms with van der Waals surface area (Å²) >= 11 is 0. The Hall–Kier alpha value is -1.22. The van der Waals surface area contributed by atoms with E-state index >= 15 is 0 Å². The number of rotatable bonds is 9. The predicted octanol–water partition coefficient (Wildman–Crippen LogP) is 3.97. The van der Waals surface area contributed by atoms with Crippen molar-refractivity contribution in [3.8, 4) is 11.5 Å². The molecule has 0 spiro atoms. The first-order valence-electron chi connectivity index (χ1n) is 7.66. The molecule has 0 heterocycles. The van der Waals surface area contributed by atoms with E-state index < -0.39 is 0 Å². The molecule has 1 aromatic carbocycles. The molecular weight excluding hydrogens is 250 g/mol. The molecule has 0 radical (unpaired) electrons. The summed E-state index contributed by atoms with van der Waals surface area (Å²) in [6.07, 6.45) is 1.00. The third kappa shape index (κ3) is 5.41. The first-order valence-corrected chi connectivity index (χ1v) is 7.66. The Morgan fingerprint density at radius 2 is 1.40 bits per heavy atom. The highest BCUT2D eigenvalue weighted by Gasteiger charge is 2.13. The summed E-state index contributed by atoms with van der Waals surface area (Å²) in [6.45, 7) is 13.3. The van der Waals surface area contributed by atoms with Gasteiger partial charge in [0.1, 0.15) is 6.61 Å². The molecule has 114 valence electrons. The van der Waals surface area contributed by atoms with E-state index in [0.717, 1.165) is 31.1 Å². The van der Waals surface area contributed by atoms with Crippen LogP contribution in [0.2, 0.25) is 0 Å². The molecular formula is C17H29NO2. The van der Waals surface area contributed by atoms with Crippen LogP contribution in [0.4, 0.5) is 0 Å². The monoisotopic (exact) mass is 279 g/mol. The van der Waals surface area contributed by atoms with Gasteiger partial charge in [-0.1, -0.05) is 19.1 Å². The van der Waals surface area contributed by atoms with Crippen molar-refractivity contribution in [1.29, 1.82) is 0 Å². The van der Waals surface area contributed by atoms with Gasteiger partial charge >= 0.3 is 0 Å². The zero-order valence-corrected chi connectivity index (χ0v) is 13.6. The molecule has 0 N–H and O–H groups in total. The lowest BCUT2D eigenvalue weighted by Gasteiger charge is -2.30. The molecule has 0 aliphatic rings. The molecule has 0 unspecified atom stereocenters. The van der Waals surface area contributed by atoms with Gasteiger partial charge in [0.15, 0.2) is 11.5 Å². The van der Waals surface area contributed by atoms with Gasteiger partial charge in [0.25, 0.3) is 0 Å². The second-order valence-corrected chi connectivity index (χ2v) is 5.57. The molecule has 0 saturated carbocycles. The summed E-state index contributed by atoms with van der Waals surface area (Å²) in [5, 5.41) is 0. The van der Waals surface area contributed by atoms with Crippen molar-refractivity contribution in [2.45, 2.75) is 53.1 Å². The summed E-state index contributed by atoms with van der Waals surface area (Å²) < 4.78 is 11.6. The third-order valence-corrected chi connectivity index (χ3v) is 3.24. The summed E-state index contributed by atoms with van der Waals surface area (Å²) in [6, 6.07) is 8.96. The van der Waals surface area contributed by atoms with Crippen LogP contribution in [0.25, 0.3) is 0 Å². The van der Waals surface area contributed by atoms with Crippen LogP contribution in [0.15, 0.2) is 24.3 Å². The van der Waals surface area contributed by atoms with Crippen LogP contribution in [0, 0.1) is 0 Å². The fraction of sp³-hybridized carbons (Fsp3) is 0.647. The Bertz CT molecular complexity index is 369. The maximum Gasteiger partial charge on any atom is 0.161 e. The Labute approximate surface area is 123 Å². The van der Waals surface area contributed by atoms with E-state index in [4.69, 9.17) is 9.47 Å². The first kappa shape index (κ1) is 16.8. The molecule has 0 bridgehead atoms. The highest BCUT2D eigenvalue weighted by Crippen LogP contribution is 2.26. The average molecular weight is 279 g/mol. The zero-order valence-electron chi connectivity index (χ0n) is 13.6. The third-order valence-electron chi connectivity index (χ3n) is 3.24. The van der Waals surface area contributed by atoms with Crippen LogP contribution < -0.4 is 9.47 Å². The van der Waals surface area contributed by atoms with E-state index in [2.05, 4.69) is 39.5 Å². The number of nitrogens with zero attached hydrogens (tertiary/aromatic N) is 1. The number of hydrogen-bond acceptors (Lipinski definition) is 3. The topological polar surface area (TPSA) is 21.7 Å². The summed E-state index contributed by atoms with van der Waals surface area (Å²) in [4.78, 5) is 2.43. The van der Waals surface area contributed by atoms with Crippen LogP contribution in [0.1, 0.15) is 41.0 Å². The zero-order chi connectivity index (χ0) is 15.0. The van der Waals surface area contributed by atoms with Gasteiger partial charge in [-0.25, -0.2) is 0 Å². The number of hydrogen-bond donors (Lipinski definition) is 0. The van der Waals surface area contributed by atoms with E-state index in [9.17, 15) is 0 Å². The van der Waals surface area contributed by atoms with Gasteiger partial charge in [0, 0.05) is 18.6 Å². The van der Waals surface area contributed by atoms with E-state index in [1.54, 1.807) is 0 Å². The van der Waals surface area contributed by atoms with Crippen LogP contribution >= 0.6 is 0 Å². The minimum absolute atomic E-state index is 0.533. The molecule has 3 nitrogen and oxygen atoms in total. The number of para-hydroxylation sites is 2. The number of ether oxygens (including phenoxy) is 2. The summed E-state index contributed by atoms with van der Waals surface area (Å²) in [7, 11) is 0. The highest BCUT2D eigenvalue weighted by atomic mass is 16.5. The minimum Gasteiger partial charge on any atom is -0.490 e. The quantitative estimate of drug-likeness (QED) is 0.682. The van der Waals surface area contributed by atoms with E-state index in [1.165, 1.54) is 0 Å². The van der Waals surface area contributed by atoms with Crippen LogP contribution in [-0.2, 0) is 0 Å². The summed E-state index contributed by atoms with van der Waals surface area (Å²) in [5.74, 6) is 1.68.